The smallest absolute Gasteiger partial charge is 0.229 e. The first-order valence-electron chi connectivity index (χ1n) is 6.05. The van der Waals surface area contributed by atoms with E-state index in [2.05, 4.69) is 10.1 Å². The lowest BCUT2D eigenvalue weighted by Gasteiger charge is -2.01. The number of hydrogen-bond acceptors (Lipinski definition) is 5. The van der Waals surface area contributed by atoms with Gasteiger partial charge in [0.05, 0.1) is 18.3 Å². The lowest BCUT2D eigenvalue weighted by atomic mass is 10.2. The molecule has 19 heavy (non-hydrogen) atoms. The number of halogens is 1. The van der Waals surface area contributed by atoms with E-state index in [0.717, 1.165) is 4.90 Å². The van der Waals surface area contributed by atoms with Gasteiger partial charge in [0.25, 0.3) is 0 Å². The Morgan fingerprint density at radius 1 is 1.47 bits per heavy atom. The van der Waals surface area contributed by atoms with Crippen LogP contribution < -0.4 is 0 Å². The molecule has 0 saturated heterocycles. The zero-order valence-electron chi connectivity index (χ0n) is 10.5. The van der Waals surface area contributed by atoms with Crippen molar-refractivity contribution in [1.29, 1.82) is 0 Å². The van der Waals surface area contributed by atoms with Crippen molar-refractivity contribution in [3.63, 3.8) is 0 Å². The van der Waals surface area contributed by atoms with Gasteiger partial charge >= 0.3 is 0 Å². The van der Waals surface area contributed by atoms with Gasteiger partial charge in [-0.1, -0.05) is 18.1 Å². The van der Waals surface area contributed by atoms with Gasteiger partial charge in [0.2, 0.25) is 5.89 Å². The van der Waals surface area contributed by atoms with E-state index in [-0.39, 0.29) is 5.82 Å². The van der Waals surface area contributed by atoms with Crippen molar-refractivity contribution in [3.05, 3.63) is 41.8 Å². The fraction of sp³-hybridized carbons (Fsp3) is 0.385. The summed E-state index contributed by atoms with van der Waals surface area (Å²) in [5.74, 6) is 1.23. The molecule has 1 heterocycles. The Morgan fingerprint density at radius 2 is 2.32 bits per heavy atom. The highest BCUT2D eigenvalue weighted by Crippen LogP contribution is 2.22. The first-order valence-corrected chi connectivity index (χ1v) is 7.04. The van der Waals surface area contributed by atoms with E-state index in [1.807, 2.05) is 13.0 Å². The van der Waals surface area contributed by atoms with Crippen LogP contribution in [0.2, 0.25) is 0 Å². The van der Waals surface area contributed by atoms with Crippen LogP contribution in [0.1, 0.15) is 25.1 Å². The monoisotopic (exact) mass is 282 g/mol. The Kier molecular flexibility index (Phi) is 4.93. The molecule has 6 heteroatoms. The molecule has 1 aromatic heterocycles. The van der Waals surface area contributed by atoms with Gasteiger partial charge < -0.3 is 9.63 Å². The highest BCUT2D eigenvalue weighted by atomic mass is 32.2. The van der Waals surface area contributed by atoms with Crippen molar-refractivity contribution >= 4 is 11.8 Å². The lowest BCUT2D eigenvalue weighted by molar-refractivity contribution is 0.158. The molecule has 2 rings (SSSR count). The number of nitrogens with zero attached hydrogens (tertiary/aromatic N) is 2. The van der Waals surface area contributed by atoms with Gasteiger partial charge in [0, 0.05) is 4.90 Å². The van der Waals surface area contributed by atoms with Crippen molar-refractivity contribution in [2.75, 3.05) is 0 Å². The Balaban J connectivity index is 1.90. The summed E-state index contributed by atoms with van der Waals surface area (Å²) in [6, 6.07) is 6.36. The Bertz CT molecular complexity index is 533. The van der Waals surface area contributed by atoms with Gasteiger partial charge in [-0.25, -0.2) is 4.39 Å². The van der Waals surface area contributed by atoms with Crippen LogP contribution in [-0.4, -0.2) is 21.4 Å². The summed E-state index contributed by atoms with van der Waals surface area (Å²) < 4.78 is 18.0. The molecule has 0 fully saturated rings. The maximum atomic E-state index is 13.0. The van der Waals surface area contributed by atoms with E-state index in [9.17, 15) is 9.50 Å². The van der Waals surface area contributed by atoms with E-state index in [0.29, 0.717) is 30.3 Å². The Labute approximate surface area is 115 Å². The summed E-state index contributed by atoms with van der Waals surface area (Å²) in [6.07, 6.45) is 0.563. The fourth-order valence-electron chi connectivity index (χ4n) is 1.48. The highest BCUT2D eigenvalue weighted by molar-refractivity contribution is 7.98. The summed E-state index contributed by atoms with van der Waals surface area (Å²) in [6.45, 7) is 1.89. The average Bonchev–Trinajstić information content (AvgIpc) is 2.84. The van der Waals surface area contributed by atoms with Crippen molar-refractivity contribution in [2.24, 2.45) is 0 Å². The van der Waals surface area contributed by atoms with Gasteiger partial charge in [-0.3, -0.25) is 0 Å². The molecule has 0 aliphatic carbocycles. The van der Waals surface area contributed by atoms with Crippen LogP contribution in [0.25, 0.3) is 0 Å². The van der Waals surface area contributed by atoms with Gasteiger partial charge in [-0.15, -0.1) is 11.8 Å². The van der Waals surface area contributed by atoms with Crippen LogP contribution in [0.4, 0.5) is 4.39 Å². The van der Waals surface area contributed by atoms with Crippen LogP contribution in [0.3, 0.4) is 0 Å². The summed E-state index contributed by atoms with van der Waals surface area (Å²) in [5, 5.41) is 13.3. The largest absolute Gasteiger partial charge is 0.393 e. The normalized spacial score (nSPS) is 12.6. The summed E-state index contributed by atoms with van der Waals surface area (Å²) in [7, 11) is 0. The third kappa shape index (κ3) is 4.33. The Hall–Kier alpha value is -1.40. The predicted molar refractivity (Wildman–Crippen MR) is 70.3 cm³/mol. The maximum Gasteiger partial charge on any atom is 0.229 e. The van der Waals surface area contributed by atoms with Crippen LogP contribution in [0.15, 0.2) is 33.7 Å². The molecular weight excluding hydrogens is 267 g/mol. The van der Waals surface area contributed by atoms with Crippen LogP contribution in [-0.2, 0) is 12.2 Å². The minimum Gasteiger partial charge on any atom is -0.393 e. The molecule has 102 valence electrons. The van der Waals surface area contributed by atoms with Crippen molar-refractivity contribution in [2.45, 2.75) is 36.5 Å². The van der Waals surface area contributed by atoms with Gasteiger partial charge in [0.15, 0.2) is 5.82 Å². The number of aromatic nitrogens is 2. The van der Waals surface area contributed by atoms with E-state index >= 15 is 0 Å². The number of rotatable bonds is 6. The highest BCUT2D eigenvalue weighted by Gasteiger charge is 2.11. The quantitative estimate of drug-likeness (QED) is 0.826. The lowest BCUT2D eigenvalue weighted by Crippen LogP contribution is -2.08. The van der Waals surface area contributed by atoms with Gasteiger partial charge in [-0.05, 0) is 24.6 Å². The zero-order valence-corrected chi connectivity index (χ0v) is 11.4. The second-order valence-corrected chi connectivity index (χ2v) is 5.17. The number of hydrogen-bond donors (Lipinski definition) is 1. The molecule has 0 radical (unpaired) electrons. The molecule has 1 atom stereocenters. The molecule has 1 aromatic carbocycles. The third-order valence-corrected chi connectivity index (χ3v) is 3.55. The van der Waals surface area contributed by atoms with E-state index in [1.54, 1.807) is 6.07 Å². The second kappa shape index (κ2) is 6.68. The molecule has 2 aromatic rings. The number of aliphatic hydroxyl groups is 1. The summed E-state index contributed by atoms with van der Waals surface area (Å²) >= 11 is 1.44. The maximum absolute atomic E-state index is 13.0. The summed E-state index contributed by atoms with van der Waals surface area (Å²) in [5.41, 5.74) is 0. The third-order valence-electron chi connectivity index (χ3n) is 2.56. The molecule has 4 nitrogen and oxygen atoms in total. The second-order valence-electron chi connectivity index (χ2n) is 4.12. The zero-order chi connectivity index (χ0) is 13.7. The molecule has 1 N–H and O–H groups in total. The van der Waals surface area contributed by atoms with Crippen molar-refractivity contribution < 1.29 is 14.0 Å². The molecule has 0 aliphatic rings. The van der Waals surface area contributed by atoms with Gasteiger partial charge in [-0.2, -0.15) is 4.98 Å². The van der Waals surface area contributed by atoms with Crippen molar-refractivity contribution in [3.8, 4) is 0 Å². The number of benzene rings is 1. The number of thioether (sulfide) groups is 1. The first kappa shape index (κ1) is 14.0. The number of aliphatic hydroxyl groups excluding tert-OH is 1. The molecule has 1 unspecified atom stereocenters. The van der Waals surface area contributed by atoms with Gasteiger partial charge in [0.1, 0.15) is 5.82 Å². The molecule has 0 spiro atoms. The molecule has 0 amide bonds. The summed E-state index contributed by atoms with van der Waals surface area (Å²) in [4.78, 5) is 5.00. The molecule has 0 bridgehead atoms. The average molecular weight is 282 g/mol. The van der Waals surface area contributed by atoms with Crippen molar-refractivity contribution in [1.82, 2.24) is 10.1 Å². The minimum atomic E-state index is -0.454. The Morgan fingerprint density at radius 3 is 3.05 bits per heavy atom. The van der Waals surface area contributed by atoms with E-state index in [1.165, 1.54) is 23.9 Å². The fourth-order valence-corrected chi connectivity index (χ4v) is 2.27. The topological polar surface area (TPSA) is 59.2 Å². The SMILES string of the molecule is CCC(O)Cc1nc(CSc2cccc(F)c2)no1. The standard InChI is InChI=1S/C13H15FN2O2S/c1-2-10(17)7-13-15-12(16-18-13)8-19-11-5-3-4-9(14)6-11/h3-6,10,17H,2,7-8H2,1H3. The molecule has 0 saturated carbocycles. The minimum absolute atomic E-state index is 0.259. The van der Waals surface area contributed by atoms with Crippen LogP contribution in [0, 0.1) is 5.82 Å². The molecule has 0 aliphatic heterocycles. The van der Waals surface area contributed by atoms with E-state index < -0.39 is 6.10 Å². The van der Waals surface area contributed by atoms with Crippen LogP contribution >= 0.6 is 11.8 Å². The molecular formula is C13H15FN2O2S. The van der Waals surface area contributed by atoms with Crippen LogP contribution in [0.5, 0.6) is 0 Å². The first-order chi connectivity index (χ1) is 9.17. The predicted octanol–water partition coefficient (Wildman–Crippen LogP) is 2.81. The van der Waals surface area contributed by atoms with E-state index in [4.69, 9.17) is 4.52 Å².